The lowest BCUT2D eigenvalue weighted by atomic mass is 9.45. The quantitative estimate of drug-likeness (QED) is 0.516. The molecule has 0 saturated heterocycles. The Morgan fingerprint density at radius 2 is 1.65 bits per heavy atom. The van der Waals surface area contributed by atoms with Crippen molar-refractivity contribution in [3.63, 3.8) is 0 Å². The summed E-state index contributed by atoms with van der Waals surface area (Å²) in [4.78, 5) is 0. The number of hydrogen-bond acceptors (Lipinski definition) is 3. The van der Waals surface area contributed by atoms with Gasteiger partial charge in [-0.25, -0.2) is 0 Å². The monoisotopic (exact) mass is 430 g/mol. The summed E-state index contributed by atoms with van der Waals surface area (Å²) in [5.41, 5.74) is 0.160. The smallest absolute Gasteiger partial charge is 0.102 e. The maximum Gasteiger partial charge on any atom is 0.102 e. The summed E-state index contributed by atoms with van der Waals surface area (Å²) in [6.45, 7) is 14.0. The molecule has 0 aromatic carbocycles. The standard InChI is InChI=1S/C28H46O3/c1-17(2)18(3)7-8-19(4)22-9-10-23-21-15-25(30)28(31)16-20(29)11-14-27(28,6)24(21)12-13-26(22,23)5/h7-8,15,17-20,22-25,29-31H,9-14,16H2,1-6H3/t18-,19+,20-,22+,23-,24-,25?,26+,27+,28?/m0/s1. The number of hydrogen-bond donors (Lipinski definition) is 3. The molecule has 176 valence electrons. The first-order valence-electron chi connectivity index (χ1n) is 12.9. The van der Waals surface area contributed by atoms with Crippen molar-refractivity contribution in [2.24, 2.45) is 46.3 Å². The summed E-state index contributed by atoms with van der Waals surface area (Å²) >= 11 is 0. The molecule has 31 heavy (non-hydrogen) atoms. The Kier molecular flexibility index (Phi) is 6.06. The fourth-order valence-electron chi connectivity index (χ4n) is 8.16. The summed E-state index contributed by atoms with van der Waals surface area (Å²) in [6, 6.07) is 0. The number of allylic oxidation sites excluding steroid dienone is 3. The summed E-state index contributed by atoms with van der Waals surface area (Å²) in [6.07, 6.45) is 12.1. The van der Waals surface area contributed by atoms with E-state index in [1.165, 1.54) is 24.8 Å². The van der Waals surface area contributed by atoms with E-state index in [0.717, 1.165) is 19.3 Å². The molecule has 3 fully saturated rings. The molecule has 4 aliphatic carbocycles. The van der Waals surface area contributed by atoms with Gasteiger partial charge in [-0.05, 0) is 79.4 Å². The number of aliphatic hydroxyl groups excluding tert-OH is 2. The van der Waals surface area contributed by atoms with Crippen LogP contribution in [-0.2, 0) is 0 Å². The van der Waals surface area contributed by atoms with Gasteiger partial charge in [-0.1, -0.05) is 65.3 Å². The molecule has 0 heterocycles. The van der Waals surface area contributed by atoms with Crippen LogP contribution in [0.4, 0.5) is 0 Å². The van der Waals surface area contributed by atoms with Gasteiger partial charge in [-0.15, -0.1) is 0 Å². The summed E-state index contributed by atoms with van der Waals surface area (Å²) in [5.74, 6) is 3.37. The van der Waals surface area contributed by atoms with E-state index < -0.39 is 17.8 Å². The molecule has 0 aromatic rings. The minimum Gasteiger partial charge on any atom is -0.393 e. The summed E-state index contributed by atoms with van der Waals surface area (Å²) in [7, 11) is 0. The second kappa shape index (κ2) is 7.99. The zero-order valence-electron chi connectivity index (χ0n) is 20.6. The molecule has 4 aliphatic rings. The topological polar surface area (TPSA) is 60.7 Å². The predicted molar refractivity (Wildman–Crippen MR) is 126 cm³/mol. The maximum atomic E-state index is 11.6. The molecule has 3 N–H and O–H groups in total. The molecule has 2 unspecified atom stereocenters. The first-order valence-corrected chi connectivity index (χ1v) is 12.9. The highest BCUT2D eigenvalue weighted by Gasteiger charge is 2.64. The Morgan fingerprint density at radius 3 is 2.32 bits per heavy atom. The molecule has 4 rings (SSSR count). The second-order valence-electron chi connectivity index (χ2n) is 12.5. The Hall–Kier alpha value is -0.640. The van der Waals surface area contributed by atoms with Crippen molar-refractivity contribution < 1.29 is 15.3 Å². The van der Waals surface area contributed by atoms with Crippen LogP contribution >= 0.6 is 0 Å². The first-order chi connectivity index (χ1) is 14.4. The van der Waals surface area contributed by atoms with Gasteiger partial charge in [0.05, 0.1) is 6.10 Å². The molecular weight excluding hydrogens is 384 g/mol. The van der Waals surface area contributed by atoms with Crippen LogP contribution in [0.5, 0.6) is 0 Å². The zero-order valence-corrected chi connectivity index (χ0v) is 20.6. The lowest BCUT2D eigenvalue weighted by molar-refractivity contribution is -0.210. The van der Waals surface area contributed by atoms with Gasteiger partial charge in [0, 0.05) is 11.8 Å². The minimum absolute atomic E-state index is 0.271. The van der Waals surface area contributed by atoms with Gasteiger partial charge in [0.1, 0.15) is 11.7 Å². The fraction of sp³-hybridized carbons (Fsp3) is 0.857. The molecule has 3 nitrogen and oxygen atoms in total. The van der Waals surface area contributed by atoms with E-state index in [2.05, 4.69) is 53.7 Å². The Bertz CT molecular complexity index is 741. The van der Waals surface area contributed by atoms with E-state index in [1.807, 2.05) is 6.08 Å². The van der Waals surface area contributed by atoms with Crippen LogP contribution in [-0.4, -0.2) is 33.1 Å². The maximum absolute atomic E-state index is 11.6. The molecular formula is C28H46O3. The molecule has 10 atom stereocenters. The third kappa shape index (κ3) is 3.49. The van der Waals surface area contributed by atoms with Crippen molar-refractivity contribution in [1.29, 1.82) is 0 Å². The lowest BCUT2D eigenvalue weighted by Gasteiger charge is -2.62. The van der Waals surface area contributed by atoms with Gasteiger partial charge in [-0.2, -0.15) is 0 Å². The van der Waals surface area contributed by atoms with Crippen LogP contribution in [0.15, 0.2) is 23.8 Å². The molecule has 3 saturated carbocycles. The third-order valence-electron chi connectivity index (χ3n) is 10.7. The predicted octanol–water partition coefficient (Wildman–Crippen LogP) is 5.50. The van der Waals surface area contributed by atoms with E-state index in [0.29, 0.717) is 41.9 Å². The van der Waals surface area contributed by atoms with Crippen molar-refractivity contribution >= 4 is 0 Å². The lowest BCUT2D eigenvalue weighted by Crippen LogP contribution is -2.65. The average Bonchev–Trinajstić information content (AvgIpc) is 3.05. The van der Waals surface area contributed by atoms with Gasteiger partial charge in [-0.3, -0.25) is 0 Å². The molecule has 0 spiro atoms. The molecule has 3 heteroatoms. The number of aliphatic hydroxyl groups is 3. The second-order valence-corrected chi connectivity index (χ2v) is 12.5. The van der Waals surface area contributed by atoms with Crippen molar-refractivity contribution in [2.45, 2.75) is 104 Å². The van der Waals surface area contributed by atoms with Crippen LogP contribution in [0.3, 0.4) is 0 Å². The van der Waals surface area contributed by atoms with E-state index in [1.54, 1.807) is 0 Å². The largest absolute Gasteiger partial charge is 0.393 e. The van der Waals surface area contributed by atoms with E-state index >= 15 is 0 Å². The third-order valence-corrected chi connectivity index (χ3v) is 10.7. The van der Waals surface area contributed by atoms with Crippen molar-refractivity contribution in [1.82, 2.24) is 0 Å². The van der Waals surface area contributed by atoms with E-state index in [9.17, 15) is 15.3 Å². The average molecular weight is 431 g/mol. The highest BCUT2D eigenvalue weighted by atomic mass is 16.3. The van der Waals surface area contributed by atoms with Crippen LogP contribution < -0.4 is 0 Å². The van der Waals surface area contributed by atoms with Crippen LogP contribution in [0, 0.1) is 46.3 Å². The molecule has 0 bridgehead atoms. The van der Waals surface area contributed by atoms with Crippen molar-refractivity contribution in [2.75, 3.05) is 0 Å². The van der Waals surface area contributed by atoms with Crippen molar-refractivity contribution in [3.8, 4) is 0 Å². The Labute approximate surface area is 190 Å². The zero-order chi connectivity index (χ0) is 22.8. The Balaban J connectivity index is 1.61. The normalized spacial score (nSPS) is 49.4. The van der Waals surface area contributed by atoms with Crippen LogP contribution in [0.1, 0.15) is 86.5 Å². The molecule has 0 aromatic heterocycles. The number of rotatable bonds is 4. The number of fused-ring (bicyclic) bond motifs is 5. The van der Waals surface area contributed by atoms with Gasteiger partial charge >= 0.3 is 0 Å². The fourth-order valence-corrected chi connectivity index (χ4v) is 8.16. The Morgan fingerprint density at radius 1 is 0.935 bits per heavy atom. The molecule has 0 aliphatic heterocycles. The highest BCUT2D eigenvalue weighted by molar-refractivity contribution is 5.33. The van der Waals surface area contributed by atoms with Gasteiger partial charge in [0.25, 0.3) is 0 Å². The van der Waals surface area contributed by atoms with Crippen LogP contribution in [0.25, 0.3) is 0 Å². The molecule has 0 radical (unpaired) electrons. The summed E-state index contributed by atoms with van der Waals surface area (Å²) in [5, 5.41) is 32.9. The molecule has 0 amide bonds. The van der Waals surface area contributed by atoms with Gasteiger partial charge in [0.2, 0.25) is 0 Å². The first kappa shape index (κ1) is 23.5. The minimum atomic E-state index is -1.20. The van der Waals surface area contributed by atoms with Crippen molar-refractivity contribution in [3.05, 3.63) is 23.8 Å². The SMILES string of the molecule is CC(C)[C@@H](C)C=C[C@@H](C)[C@H]1CC[C@H]2C3=CC(O)C4(O)C[C@@H](O)CC[C@]4(C)[C@H]3CC[C@]12C. The van der Waals surface area contributed by atoms with Crippen LogP contribution in [0.2, 0.25) is 0 Å². The van der Waals surface area contributed by atoms with E-state index in [4.69, 9.17) is 0 Å². The highest BCUT2D eigenvalue weighted by Crippen LogP contribution is 2.67. The van der Waals surface area contributed by atoms with Gasteiger partial charge < -0.3 is 15.3 Å². The van der Waals surface area contributed by atoms with E-state index in [-0.39, 0.29) is 10.8 Å². The summed E-state index contributed by atoms with van der Waals surface area (Å²) < 4.78 is 0. The van der Waals surface area contributed by atoms with Gasteiger partial charge in [0.15, 0.2) is 0 Å².